The van der Waals surface area contributed by atoms with Crippen LogP contribution in [0.15, 0.2) is 41.0 Å². The lowest BCUT2D eigenvalue weighted by Crippen LogP contribution is -2.30. The molecule has 1 unspecified atom stereocenters. The van der Waals surface area contributed by atoms with Crippen LogP contribution in [0.2, 0.25) is 0 Å². The standard InChI is InChI=1S/C14H16N2O4/c1-10-5-3-6-11(16(18)19)13(10)15-9-14(2,17)12-7-4-8-20-12/h3-8,15,17H,9H2,1-2H3. The van der Waals surface area contributed by atoms with Crippen LogP contribution in [0.25, 0.3) is 0 Å². The fourth-order valence-electron chi connectivity index (χ4n) is 1.97. The molecule has 1 aromatic heterocycles. The fraction of sp³-hybridized carbons (Fsp3) is 0.286. The van der Waals surface area contributed by atoms with Gasteiger partial charge in [0.05, 0.1) is 17.7 Å². The van der Waals surface area contributed by atoms with E-state index >= 15 is 0 Å². The highest BCUT2D eigenvalue weighted by molar-refractivity contribution is 5.66. The van der Waals surface area contributed by atoms with Crippen LogP contribution in [0.4, 0.5) is 11.4 Å². The number of para-hydroxylation sites is 1. The van der Waals surface area contributed by atoms with Gasteiger partial charge in [-0.05, 0) is 31.5 Å². The summed E-state index contributed by atoms with van der Waals surface area (Å²) in [6.07, 6.45) is 1.47. The summed E-state index contributed by atoms with van der Waals surface area (Å²) in [7, 11) is 0. The number of nitro groups is 1. The summed E-state index contributed by atoms with van der Waals surface area (Å²) < 4.78 is 5.17. The third-order valence-corrected chi connectivity index (χ3v) is 3.11. The Labute approximate surface area is 116 Å². The van der Waals surface area contributed by atoms with Crippen molar-refractivity contribution in [2.45, 2.75) is 19.4 Å². The van der Waals surface area contributed by atoms with E-state index in [0.29, 0.717) is 11.4 Å². The first-order valence-electron chi connectivity index (χ1n) is 6.16. The van der Waals surface area contributed by atoms with Gasteiger partial charge in [0.25, 0.3) is 5.69 Å². The van der Waals surface area contributed by atoms with E-state index in [0.717, 1.165) is 5.56 Å². The van der Waals surface area contributed by atoms with Crippen molar-refractivity contribution in [1.29, 1.82) is 0 Å². The van der Waals surface area contributed by atoms with E-state index in [2.05, 4.69) is 5.32 Å². The maximum atomic E-state index is 11.0. The molecule has 6 heteroatoms. The van der Waals surface area contributed by atoms with Gasteiger partial charge in [0.15, 0.2) is 0 Å². The zero-order chi connectivity index (χ0) is 14.8. The molecule has 0 fully saturated rings. The van der Waals surface area contributed by atoms with Gasteiger partial charge in [0, 0.05) is 6.07 Å². The molecule has 0 radical (unpaired) electrons. The Kier molecular flexibility index (Phi) is 3.76. The first-order chi connectivity index (χ1) is 9.42. The van der Waals surface area contributed by atoms with Crippen LogP contribution >= 0.6 is 0 Å². The molecule has 0 amide bonds. The van der Waals surface area contributed by atoms with Crippen molar-refractivity contribution in [2.75, 3.05) is 11.9 Å². The number of nitro benzene ring substituents is 1. The van der Waals surface area contributed by atoms with Crippen LogP contribution in [-0.4, -0.2) is 16.6 Å². The Morgan fingerprint density at radius 2 is 2.15 bits per heavy atom. The fourth-order valence-corrected chi connectivity index (χ4v) is 1.97. The predicted octanol–water partition coefficient (Wildman–Crippen LogP) is 2.82. The van der Waals surface area contributed by atoms with Crippen LogP contribution in [0.1, 0.15) is 18.2 Å². The number of aliphatic hydroxyl groups is 1. The Bertz CT molecular complexity index is 606. The zero-order valence-corrected chi connectivity index (χ0v) is 11.3. The molecule has 6 nitrogen and oxygen atoms in total. The highest BCUT2D eigenvalue weighted by Crippen LogP contribution is 2.29. The summed E-state index contributed by atoms with van der Waals surface area (Å²) in [4.78, 5) is 10.6. The Balaban J connectivity index is 2.21. The van der Waals surface area contributed by atoms with E-state index in [1.54, 1.807) is 38.1 Å². The second-order valence-corrected chi connectivity index (χ2v) is 4.83. The second kappa shape index (κ2) is 5.34. The van der Waals surface area contributed by atoms with Crippen molar-refractivity contribution < 1.29 is 14.4 Å². The number of anilines is 1. The highest BCUT2D eigenvalue weighted by Gasteiger charge is 2.27. The molecule has 20 heavy (non-hydrogen) atoms. The normalized spacial score (nSPS) is 13.8. The summed E-state index contributed by atoms with van der Waals surface area (Å²) in [5.74, 6) is 0.404. The molecule has 1 aromatic carbocycles. The number of nitrogens with one attached hydrogen (secondary N) is 1. The average Bonchev–Trinajstić information content (AvgIpc) is 2.91. The van der Waals surface area contributed by atoms with Gasteiger partial charge in [-0.2, -0.15) is 0 Å². The van der Waals surface area contributed by atoms with Crippen LogP contribution in [0.5, 0.6) is 0 Å². The van der Waals surface area contributed by atoms with Crippen molar-refractivity contribution in [3.05, 3.63) is 58.0 Å². The SMILES string of the molecule is Cc1cccc([N+](=O)[O-])c1NCC(C)(O)c1ccco1. The van der Waals surface area contributed by atoms with Gasteiger partial charge in [-0.15, -0.1) is 0 Å². The minimum absolute atomic E-state index is 0.0137. The molecule has 0 saturated carbocycles. The third kappa shape index (κ3) is 2.80. The molecular weight excluding hydrogens is 260 g/mol. The highest BCUT2D eigenvalue weighted by atomic mass is 16.6. The van der Waals surface area contributed by atoms with Gasteiger partial charge in [-0.1, -0.05) is 12.1 Å². The summed E-state index contributed by atoms with van der Waals surface area (Å²) in [6.45, 7) is 3.46. The lowest BCUT2D eigenvalue weighted by atomic mass is 10.0. The average molecular weight is 276 g/mol. The van der Waals surface area contributed by atoms with Crippen LogP contribution in [0.3, 0.4) is 0 Å². The van der Waals surface area contributed by atoms with E-state index in [1.165, 1.54) is 12.3 Å². The van der Waals surface area contributed by atoms with Crippen molar-refractivity contribution >= 4 is 11.4 Å². The smallest absolute Gasteiger partial charge is 0.292 e. The van der Waals surface area contributed by atoms with Gasteiger partial charge < -0.3 is 14.8 Å². The number of nitrogens with zero attached hydrogens (tertiary/aromatic N) is 1. The molecule has 0 aliphatic rings. The number of rotatable bonds is 5. The van der Waals surface area contributed by atoms with E-state index < -0.39 is 10.5 Å². The quantitative estimate of drug-likeness (QED) is 0.647. The topological polar surface area (TPSA) is 88.5 Å². The molecule has 0 bridgehead atoms. The van der Waals surface area contributed by atoms with Crippen molar-refractivity contribution in [3.63, 3.8) is 0 Å². The van der Waals surface area contributed by atoms with Crippen molar-refractivity contribution in [3.8, 4) is 0 Å². The van der Waals surface area contributed by atoms with Crippen molar-refractivity contribution in [1.82, 2.24) is 0 Å². The van der Waals surface area contributed by atoms with Crippen molar-refractivity contribution in [2.24, 2.45) is 0 Å². The Morgan fingerprint density at radius 1 is 1.40 bits per heavy atom. The molecule has 0 spiro atoms. The predicted molar refractivity (Wildman–Crippen MR) is 74.6 cm³/mol. The molecule has 0 aliphatic carbocycles. The number of furan rings is 1. The molecule has 106 valence electrons. The second-order valence-electron chi connectivity index (χ2n) is 4.83. The van der Waals surface area contributed by atoms with Crippen LogP contribution in [0, 0.1) is 17.0 Å². The number of benzene rings is 1. The maximum Gasteiger partial charge on any atom is 0.292 e. The number of hydrogen-bond donors (Lipinski definition) is 2. The summed E-state index contributed by atoms with van der Waals surface area (Å²) in [5, 5.41) is 24.3. The third-order valence-electron chi connectivity index (χ3n) is 3.11. The summed E-state index contributed by atoms with van der Waals surface area (Å²) in [6, 6.07) is 8.17. The van der Waals surface area contributed by atoms with Gasteiger partial charge in [0.1, 0.15) is 17.0 Å². The number of aryl methyl sites for hydroxylation is 1. The van der Waals surface area contributed by atoms with Crippen LogP contribution in [-0.2, 0) is 5.60 Å². The number of hydrogen-bond acceptors (Lipinski definition) is 5. The minimum Gasteiger partial charge on any atom is -0.466 e. The minimum atomic E-state index is -1.25. The Hall–Kier alpha value is -2.34. The van der Waals surface area contributed by atoms with E-state index in [9.17, 15) is 15.2 Å². The van der Waals surface area contributed by atoms with E-state index in [-0.39, 0.29) is 12.2 Å². The molecule has 2 aromatic rings. The summed E-state index contributed by atoms with van der Waals surface area (Å²) >= 11 is 0. The molecule has 0 aliphatic heterocycles. The summed E-state index contributed by atoms with van der Waals surface area (Å²) in [5.41, 5.74) is -0.112. The largest absolute Gasteiger partial charge is 0.466 e. The zero-order valence-electron chi connectivity index (χ0n) is 11.3. The molecule has 2 rings (SSSR count). The van der Waals surface area contributed by atoms with Gasteiger partial charge in [-0.25, -0.2) is 0 Å². The molecule has 1 atom stereocenters. The van der Waals surface area contributed by atoms with Crippen LogP contribution < -0.4 is 5.32 Å². The van der Waals surface area contributed by atoms with E-state index in [4.69, 9.17) is 4.42 Å². The molecule has 0 saturated heterocycles. The first kappa shape index (κ1) is 14.1. The van der Waals surface area contributed by atoms with Gasteiger partial charge >= 0.3 is 0 Å². The first-order valence-corrected chi connectivity index (χ1v) is 6.16. The maximum absolute atomic E-state index is 11.0. The lowest BCUT2D eigenvalue weighted by molar-refractivity contribution is -0.384. The van der Waals surface area contributed by atoms with Gasteiger partial charge in [0.2, 0.25) is 0 Å². The monoisotopic (exact) mass is 276 g/mol. The van der Waals surface area contributed by atoms with Gasteiger partial charge in [-0.3, -0.25) is 10.1 Å². The lowest BCUT2D eigenvalue weighted by Gasteiger charge is -2.22. The van der Waals surface area contributed by atoms with E-state index in [1.807, 2.05) is 0 Å². The molecule has 1 heterocycles. The Morgan fingerprint density at radius 3 is 2.75 bits per heavy atom. The molecule has 2 N–H and O–H groups in total. The molecular formula is C14H16N2O4.